The number of aryl methyl sites for hydroxylation is 1. The SMILES string of the molecule is CCC(C)c1ccc(OS(=O)(=O)CCOc2c(COC)cc(C)cc2COC)cc1. The van der Waals surface area contributed by atoms with E-state index in [9.17, 15) is 8.42 Å². The quantitative estimate of drug-likeness (QED) is 0.453. The number of hydrogen-bond acceptors (Lipinski definition) is 6. The molecule has 0 N–H and O–H groups in total. The molecule has 0 aliphatic heterocycles. The van der Waals surface area contributed by atoms with Crippen molar-refractivity contribution in [3.63, 3.8) is 0 Å². The maximum Gasteiger partial charge on any atom is 0.312 e. The largest absolute Gasteiger partial charge is 0.492 e. The molecule has 0 spiro atoms. The molecule has 0 saturated carbocycles. The van der Waals surface area contributed by atoms with Crippen LogP contribution >= 0.6 is 0 Å². The molecule has 0 aliphatic rings. The first-order valence-corrected chi connectivity index (χ1v) is 11.6. The van der Waals surface area contributed by atoms with Crippen molar-refractivity contribution in [3.8, 4) is 11.5 Å². The summed E-state index contributed by atoms with van der Waals surface area (Å²) in [5.74, 6) is 1.04. The second-order valence-corrected chi connectivity index (χ2v) is 9.04. The fraction of sp³-hybridized carbons (Fsp3) is 0.478. The van der Waals surface area contributed by atoms with Crippen LogP contribution < -0.4 is 8.92 Å². The van der Waals surface area contributed by atoms with Gasteiger partial charge >= 0.3 is 10.1 Å². The second-order valence-electron chi connectivity index (χ2n) is 7.35. The molecule has 30 heavy (non-hydrogen) atoms. The third-order valence-electron chi connectivity index (χ3n) is 4.85. The zero-order valence-electron chi connectivity index (χ0n) is 18.4. The lowest BCUT2D eigenvalue weighted by Gasteiger charge is -2.17. The Kier molecular flexibility index (Phi) is 9.14. The van der Waals surface area contributed by atoms with Crippen LogP contribution in [0.2, 0.25) is 0 Å². The first-order valence-electron chi connectivity index (χ1n) is 10.0. The molecule has 1 atom stereocenters. The van der Waals surface area contributed by atoms with E-state index in [4.69, 9.17) is 18.4 Å². The van der Waals surface area contributed by atoms with Crippen LogP contribution in [0.1, 0.15) is 48.4 Å². The van der Waals surface area contributed by atoms with Gasteiger partial charge in [0.1, 0.15) is 23.9 Å². The van der Waals surface area contributed by atoms with Gasteiger partial charge in [-0.1, -0.05) is 43.7 Å². The molecule has 166 valence electrons. The van der Waals surface area contributed by atoms with E-state index in [-0.39, 0.29) is 12.4 Å². The Morgan fingerprint density at radius 1 is 0.967 bits per heavy atom. The van der Waals surface area contributed by atoms with Crippen molar-refractivity contribution < 1.29 is 26.8 Å². The minimum absolute atomic E-state index is 0.0379. The van der Waals surface area contributed by atoms with E-state index in [0.29, 0.717) is 30.6 Å². The summed E-state index contributed by atoms with van der Waals surface area (Å²) in [7, 11) is -0.581. The lowest BCUT2D eigenvalue weighted by atomic mass is 9.99. The van der Waals surface area contributed by atoms with Crippen LogP contribution in [0.25, 0.3) is 0 Å². The van der Waals surface area contributed by atoms with E-state index in [1.165, 1.54) is 0 Å². The highest BCUT2D eigenvalue weighted by molar-refractivity contribution is 7.87. The van der Waals surface area contributed by atoms with Crippen molar-refractivity contribution in [2.45, 2.75) is 46.3 Å². The molecule has 0 aliphatic carbocycles. The standard InChI is InChI=1S/C23H32O6S/c1-6-18(3)19-7-9-22(10-8-19)29-30(24,25)12-11-28-23-20(15-26-4)13-17(2)14-21(23)16-27-5/h7-10,13-14,18H,6,11-12,15-16H2,1-5H3. The zero-order valence-corrected chi connectivity index (χ0v) is 19.3. The monoisotopic (exact) mass is 436 g/mol. The fourth-order valence-electron chi connectivity index (χ4n) is 3.16. The highest BCUT2D eigenvalue weighted by Crippen LogP contribution is 2.28. The van der Waals surface area contributed by atoms with E-state index < -0.39 is 10.1 Å². The first-order chi connectivity index (χ1) is 14.3. The van der Waals surface area contributed by atoms with Crippen LogP contribution in [-0.2, 0) is 32.8 Å². The Bertz CT molecular complexity index is 879. The Morgan fingerprint density at radius 2 is 1.53 bits per heavy atom. The van der Waals surface area contributed by atoms with Crippen molar-refractivity contribution >= 4 is 10.1 Å². The van der Waals surface area contributed by atoms with Crippen LogP contribution in [0, 0.1) is 6.92 Å². The van der Waals surface area contributed by atoms with Gasteiger partial charge in [-0.15, -0.1) is 0 Å². The maximum atomic E-state index is 12.4. The molecular weight excluding hydrogens is 404 g/mol. The van der Waals surface area contributed by atoms with Gasteiger partial charge in [0.15, 0.2) is 0 Å². The fourth-order valence-corrected chi connectivity index (χ4v) is 3.94. The lowest BCUT2D eigenvalue weighted by Crippen LogP contribution is -2.20. The summed E-state index contributed by atoms with van der Waals surface area (Å²) in [5.41, 5.74) is 3.91. The Hall–Kier alpha value is -2.09. The molecule has 2 rings (SSSR count). The van der Waals surface area contributed by atoms with E-state index >= 15 is 0 Å². The molecule has 0 bridgehead atoms. The van der Waals surface area contributed by atoms with Gasteiger partial charge in [-0.3, -0.25) is 0 Å². The molecule has 0 heterocycles. The predicted octanol–water partition coefficient (Wildman–Crippen LogP) is 4.59. The number of hydrogen-bond donors (Lipinski definition) is 0. The first kappa shape index (κ1) is 24.2. The average molecular weight is 437 g/mol. The van der Waals surface area contributed by atoms with Gasteiger partial charge in [0.25, 0.3) is 0 Å². The van der Waals surface area contributed by atoms with Gasteiger partial charge in [-0.05, 0) is 37.0 Å². The highest BCUT2D eigenvalue weighted by atomic mass is 32.2. The van der Waals surface area contributed by atoms with E-state index in [0.717, 1.165) is 28.7 Å². The molecule has 2 aromatic rings. The molecule has 6 nitrogen and oxygen atoms in total. The Balaban J connectivity index is 2.04. The van der Waals surface area contributed by atoms with E-state index in [1.807, 2.05) is 31.2 Å². The lowest BCUT2D eigenvalue weighted by molar-refractivity contribution is 0.171. The average Bonchev–Trinajstić information content (AvgIpc) is 2.70. The topological polar surface area (TPSA) is 71.1 Å². The molecule has 0 amide bonds. The summed E-state index contributed by atoms with van der Waals surface area (Å²) in [4.78, 5) is 0. The molecule has 0 radical (unpaired) electrons. The van der Waals surface area contributed by atoms with Crippen LogP contribution in [-0.4, -0.2) is 35.0 Å². The molecule has 0 fully saturated rings. The highest BCUT2D eigenvalue weighted by Gasteiger charge is 2.17. The molecule has 0 aromatic heterocycles. The van der Waals surface area contributed by atoms with E-state index in [1.54, 1.807) is 26.4 Å². The second kappa shape index (κ2) is 11.3. The Labute approximate surface area is 180 Å². The summed E-state index contributed by atoms with van der Waals surface area (Å²) in [5, 5.41) is 0. The van der Waals surface area contributed by atoms with Crippen molar-refractivity contribution in [2.24, 2.45) is 0 Å². The number of ether oxygens (including phenoxy) is 3. The van der Waals surface area contributed by atoms with Gasteiger partial charge in [-0.25, -0.2) is 0 Å². The summed E-state index contributed by atoms with van der Waals surface area (Å²) < 4.78 is 46.4. The zero-order chi connectivity index (χ0) is 22.1. The summed E-state index contributed by atoms with van der Waals surface area (Å²) in [6.45, 7) is 6.91. The van der Waals surface area contributed by atoms with Gasteiger partial charge in [0.05, 0.1) is 13.2 Å². The molecule has 7 heteroatoms. The van der Waals surface area contributed by atoms with Crippen LogP contribution in [0.5, 0.6) is 11.5 Å². The van der Waals surface area contributed by atoms with Crippen LogP contribution in [0.15, 0.2) is 36.4 Å². The van der Waals surface area contributed by atoms with Gasteiger partial charge < -0.3 is 18.4 Å². The number of benzene rings is 2. The van der Waals surface area contributed by atoms with Crippen molar-refractivity contribution in [1.29, 1.82) is 0 Å². The predicted molar refractivity (Wildman–Crippen MR) is 118 cm³/mol. The number of rotatable bonds is 12. The molecular formula is C23H32O6S. The maximum absolute atomic E-state index is 12.4. The normalized spacial score (nSPS) is 12.6. The van der Waals surface area contributed by atoms with Crippen molar-refractivity contribution in [2.75, 3.05) is 26.6 Å². The van der Waals surface area contributed by atoms with E-state index in [2.05, 4.69) is 13.8 Å². The summed E-state index contributed by atoms with van der Waals surface area (Å²) >= 11 is 0. The third-order valence-corrected chi connectivity index (χ3v) is 5.96. The smallest absolute Gasteiger partial charge is 0.312 e. The minimum Gasteiger partial charge on any atom is -0.492 e. The minimum atomic E-state index is -3.79. The van der Waals surface area contributed by atoms with Crippen LogP contribution in [0.3, 0.4) is 0 Å². The summed E-state index contributed by atoms with van der Waals surface area (Å²) in [6, 6.07) is 11.1. The third kappa shape index (κ3) is 7.00. The number of methoxy groups -OCH3 is 2. The van der Waals surface area contributed by atoms with Gasteiger partial charge in [0.2, 0.25) is 0 Å². The van der Waals surface area contributed by atoms with Gasteiger partial charge in [-0.2, -0.15) is 8.42 Å². The molecule has 0 saturated heterocycles. The van der Waals surface area contributed by atoms with Gasteiger partial charge in [0, 0.05) is 25.3 Å². The molecule has 2 aromatic carbocycles. The van der Waals surface area contributed by atoms with Crippen molar-refractivity contribution in [1.82, 2.24) is 0 Å². The molecule has 1 unspecified atom stereocenters. The van der Waals surface area contributed by atoms with Crippen LogP contribution in [0.4, 0.5) is 0 Å². The van der Waals surface area contributed by atoms with Crippen molar-refractivity contribution in [3.05, 3.63) is 58.7 Å². The Morgan fingerprint density at radius 3 is 2.03 bits per heavy atom. The summed E-state index contributed by atoms with van der Waals surface area (Å²) in [6.07, 6.45) is 1.02.